The van der Waals surface area contributed by atoms with Gasteiger partial charge in [-0.05, 0) is 23.8 Å². The molecule has 0 saturated heterocycles. The van der Waals surface area contributed by atoms with Gasteiger partial charge >= 0.3 is 11.9 Å². The fourth-order valence-electron chi connectivity index (χ4n) is 1.56. The lowest BCUT2D eigenvalue weighted by Crippen LogP contribution is -2.10. The first kappa shape index (κ1) is 13.5. The van der Waals surface area contributed by atoms with Crippen LogP contribution < -0.4 is 0 Å². The third kappa shape index (κ3) is 3.55. The van der Waals surface area contributed by atoms with Crippen LogP contribution in [0.1, 0.15) is 15.9 Å². The number of aromatic hydroxyl groups is 1. The van der Waals surface area contributed by atoms with Gasteiger partial charge in [0.15, 0.2) is 0 Å². The molecule has 1 N–H and O–H groups in total. The molecule has 0 radical (unpaired) electrons. The van der Waals surface area contributed by atoms with Crippen molar-refractivity contribution in [2.45, 2.75) is 0 Å². The van der Waals surface area contributed by atoms with E-state index >= 15 is 0 Å². The Morgan fingerprint density at radius 2 is 1.60 bits per heavy atom. The lowest BCUT2D eigenvalue weighted by Gasteiger charge is -2.02. The van der Waals surface area contributed by atoms with Gasteiger partial charge in [-0.25, -0.2) is 9.59 Å². The summed E-state index contributed by atoms with van der Waals surface area (Å²) in [6, 6.07) is 15.0. The summed E-state index contributed by atoms with van der Waals surface area (Å²) in [6.45, 7) is 0. The average molecular weight is 268 g/mol. The third-order valence-electron chi connectivity index (χ3n) is 2.53. The second kappa shape index (κ2) is 6.33. The molecule has 0 aliphatic heterocycles. The van der Waals surface area contributed by atoms with Crippen LogP contribution in [0.4, 0.5) is 0 Å². The molecule has 2 aromatic rings. The molecule has 0 amide bonds. The van der Waals surface area contributed by atoms with Crippen molar-refractivity contribution >= 4 is 18.0 Å². The molecule has 0 fully saturated rings. The number of phenolic OH excluding ortho intramolecular Hbond substituents is 1. The molecule has 0 aliphatic rings. The van der Waals surface area contributed by atoms with E-state index in [1.807, 2.05) is 30.3 Å². The van der Waals surface area contributed by atoms with Crippen LogP contribution in [0.2, 0.25) is 0 Å². The van der Waals surface area contributed by atoms with E-state index in [4.69, 9.17) is 0 Å². The zero-order valence-corrected chi connectivity index (χ0v) is 10.5. The van der Waals surface area contributed by atoms with Gasteiger partial charge in [-0.1, -0.05) is 42.5 Å². The highest BCUT2D eigenvalue weighted by atomic mass is 16.6. The van der Waals surface area contributed by atoms with E-state index in [1.165, 1.54) is 12.1 Å². The van der Waals surface area contributed by atoms with Crippen LogP contribution in [0.3, 0.4) is 0 Å². The molecule has 0 atom stereocenters. The van der Waals surface area contributed by atoms with Crippen molar-refractivity contribution in [3.8, 4) is 5.75 Å². The van der Waals surface area contributed by atoms with Gasteiger partial charge < -0.3 is 9.84 Å². The number of carbonyl (C=O) groups excluding carboxylic acids is 2. The van der Waals surface area contributed by atoms with E-state index in [2.05, 4.69) is 4.74 Å². The summed E-state index contributed by atoms with van der Waals surface area (Å²) in [5.41, 5.74) is 0.772. The Balaban J connectivity index is 2.00. The van der Waals surface area contributed by atoms with Crippen LogP contribution in [0.15, 0.2) is 60.7 Å². The van der Waals surface area contributed by atoms with Crippen LogP contribution in [0, 0.1) is 0 Å². The number of phenols is 1. The minimum absolute atomic E-state index is 0.0473. The summed E-state index contributed by atoms with van der Waals surface area (Å²) in [5, 5.41) is 9.47. The summed E-state index contributed by atoms with van der Waals surface area (Å²) in [4.78, 5) is 23.2. The van der Waals surface area contributed by atoms with Gasteiger partial charge in [0.1, 0.15) is 11.3 Å². The topological polar surface area (TPSA) is 63.6 Å². The van der Waals surface area contributed by atoms with Crippen LogP contribution in [-0.2, 0) is 9.53 Å². The molecular weight excluding hydrogens is 256 g/mol. The zero-order valence-electron chi connectivity index (χ0n) is 10.5. The van der Waals surface area contributed by atoms with Gasteiger partial charge in [-0.15, -0.1) is 0 Å². The molecule has 0 spiro atoms. The fraction of sp³-hybridized carbons (Fsp3) is 0. The predicted octanol–water partition coefficient (Wildman–Crippen LogP) is 2.79. The molecule has 0 aromatic heterocycles. The number of rotatable bonds is 3. The van der Waals surface area contributed by atoms with E-state index in [0.717, 1.165) is 11.6 Å². The van der Waals surface area contributed by atoms with Crippen molar-refractivity contribution in [1.82, 2.24) is 0 Å². The molecule has 0 saturated carbocycles. The van der Waals surface area contributed by atoms with E-state index in [1.54, 1.807) is 18.2 Å². The standard InChI is InChI=1S/C16H12O4/c17-14-9-5-4-8-13(14)16(19)20-15(18)11-10-12-6-2-1-3-7-12/h1-11,17H/b11-10+. The van der Waals surface area contributed by atoms with Crippen LogP contribution >= 0.6 is 0 Å². The first-order valence-electron chi connectivity index (χ1n) is 5.94. The van der Waals surface area contributed by atoms with Gasteiger partial charge in [-0.3, -0.25) is 0 Å². The Morgan fingerprint density at radius 1 is 0.950 bits per heavy atom. The Labute approximate surface area is 115 Å². The Morgan fingerprint density at radius 3 is 2.30 bits per heavy atom. The molecule has 0 heterocycles. The number of hydrogen-bond acceptors (Lipinski definition) is 4. The fourth-order valence-corrected chi connectivity index (χ4v) is 1.56. The normalized spacial score (nSPS) is 10.4. The summed E-state index contributed by atoms with van der Waals surface area (Å²) < 4.78 is 4.61. The molecule has 4 nitrogen and oxygen atoms in total. The highest BCUT2D eigenvalue weighted by Gasteiger charge is 2.14. The van der Waals surface area contributed by atoms with Crippen molar-refractivity contribution in [2.75, 3.05) is 0 Å². The first-order valence-corrected chi connectivity index (χ1v) is 5.94. The number of para-hydroxylation sites is 1. The predicted molar refractivity (Wildman–Crippen MR) is 74.0 cm³/mol. The van der Waals surface area contributed by atoms with Crippen LogP contribution in [-0.4, -0.2) is 17.0 Å². The van der Waals surface area contributed by atoms with Gasteiger partial charge in [0.2, 0.25) is 0 Å². The Hall–Kier alpha value is -2.88. The van der Waals surface area contributed by atoms with Crippen molar-refractivity contribution in [3.05, 3.63) is 71.8 Å². The molecule has 0 aliphatic carbocycles. The number of benzene rings is 2. The highest BCUT2D eigenvalue weighted by molar-refractivity contribution is 6.02. The lowest BCUT2D eigenvalue weighted by molar-refractivity contribution is -0.132. The van der Waals surface area contributed by atoms with E-state index in [0.29, 0.717) is 0 Å². The molecule has 20 heavy (non-hydrogen) atoms. The lowest BCUT2D eigenvalue weighted by atomic mass is 10.2. The highest BCUT2D eigenvalue weighted by Crippen LogP contribution is 2.16. The third-order valence-corrected chi connectivity index (χ3v) is 2.53. The number of esters is 2. The summed E-state index contributed by atoms with van der Waals surface area (Å²) in [5.74, 6) is -1.90. The van der Waals surface area contributed by atoms with Crippen molar-refractivity contribution in [1.29, 1.82) is 0 Å². The molecule has 100 valence electrons. The van der Waals surface area contributed by atoms with Crippen molar-refractivity contribution in [3.63, 3.8) is 0 Å². The van der Waals surface area contributed by atoms with Crippen molar-refractivity contribution in [2.24, 2.45) is 0 Å². The second-order valence-corrected chi connectivity index (χ2v) is 3.97. The van der Waals surface area contributed by atoms with Gasteiger partial charge in [0.25, 0.3) is 0 Å². The summed E-state index contributed by atoms with van der Waals surface area (Å²) >= 11 is 0. The number of hydrogen-bond donors (Lipinski definition) is 1. The number of ether oxygens (including phenoxy) is 1. The molecule has 2 rings (SSSR count). The van der Waals surface area contributed by atoms with Crippen LogP contribution in [0.25, 0.3) is 6.08 Å². The number of carbonyl (C=O) groups is 2. The summed E-state index contributed by atoms with van der Waals surface area (Å²) in [6.07, 6.45) is 2.70. The Bertz CT molecular complexity index is 645. The Kier molecular flexibility index (Phi) is 4.29. The smallest absolute Gasteiger partial charge is 0.349 e. The van der Waals surface area contributed by atoms with Gasteiger partial charge in [-0.2, -0.15) is 0 Å². The SMILES string of the molecule is O=C(/C=C/c1ccccc1)OC(=O)c1ccccc1O. The van der Waals surface area contributed by atoms with Crippen LogP contribution in [0.5, 0.6) is 5.75 Å². The van der Waals surface area contributed by atoms with Crippen molar-refractivity contribution < 1.29 is 19.4 Å². The zero-order chi connectivity index (χ0) is 14.4. The van der Waals surface area contributed by atoms with E-state index < -0.39 is 11.9 Å². The molecule has 0 bridgehead atoms. The first-order chi connectivity index (χ1) is 9.66. The maximum Gasteiger partial charge on any atom is 0.349 e. The summed E-state index contributed by atoms with van der Waals surface area (Å²) in [7, 11) is 0. The minimum atomic E-state index is -0.884. The largest absolute Gasteiger partial charge is 0.507 e. The molecule has 2 aromatic carbocycles. The monoisotopic (exact) mass is 268 g/mol. The second-order valence-electron chi connectivity index (χ2n) is 3.97. The van der Waals surface area contributed by atoms with Gasteiger partial charge in [0.05, 0.1) is 0 Å². The molecular formula is C16H12O4. The minimum Gasteiger partial charge on any atom is -0.507 e. The maximum atomic E-state index is 11.7. The van der Waals surface area contributed by atoms with E-state index in [9.17, 15) is 14.7 Å². The maximum absolute atomic E-state index is 11.7. The van der Waals surface area contributed by atoms with E-state index in [-0.39, 0.29) is 11.3 Å². The quantitative estimate of drug-likeness (QED) is 0.528. The van der Waals surface area contributed by atoms with Gasteiger partial charge in [0, 0.05) is 6.08 Å². The molecule has 4 heteroatoms. The average Bonchev–Trinajstić information content (AvgIpc) is 2.46. The molecule has 0 unspecified atom stereocenters.